The number of esters is 2. The first-order chi connectivity index (χ1) is 11.0. The second kappa shape index (κ2) is 10.8. The van der Waals surface area contributed by atoms with Crippen LogP contribution in [0.3, 0.4) is 0 Å². The van der Waals surface area contributed by atoms with Crippen molar-refractivity contribution in [3.05, 3.63) is 29.8 Å². The van der Waals surface area contributed by atoms with Crippen molar-refractivity contribution < 1.29 is 19.1 Å². The van der Waals surface area contributed by atoms with E-state index in [0.29, 0.717) is 12.2 Å². The Morgan fingerprint density at radius 3 is 2.52 bits per heavy atom. The van der Waals surface area contributed by atoms with Gasteiger partial charge in [0.15, 0.2) is 0 Å². The van der Waals surface area contributed by atoms with Gasteiger partial charge in [0.1, 0.15) is 5.75 Å². The number of hydrogen-bond acceptors (Lipinski definition) is 4. The molecule has 0 spiro atoms. The van der Waals surface area contributed by atoms with E-state index in [0.717, 1.165) is 31.2 Å². The van der Waals surface area contributed by atoms with Gasteiger partial charge in [-0.15, -0.1) is 0 Å². The molecule has 0 fully saturated rings. The molecule has 0 aliphatic heterocycles. The average molecular weight is 320 g/mol. The number of hydrogen-bond donors (Lipinski definition) is 0. The Morgan fingerprint density at radius 1 is 1.09 bits per heavy atom. The van der Waals surface area contributed by atoms with Crippen LogP contribution in [-0.4, -0.2) is 18.0 Å². The van der Waals surface area contributed by atoms with E-state index in [1.54, 1.807) is 6.07 Å². The SMILES string of the molecule is CCCCCC(C)OC(=O)CCCC(=O)Oc1cccc(C)c1. The second-order valence-electron chi connectivity index (χ2n) is 5.94. The van der Waals surface area contributed by atoms with Crippen LogP contribution in [0.2, 0.25) is 0 Å². The van der Waals surface area contributed by atoms with Crippen molar-refractivity contribution in [2.75, 3.05) is 0 Å². The van der Waals surface area contributed by atoms with Gasteiger partial charge in [0.05, 0.1) is 6.10 Å². The Morgan fingerprint density at radius 2 is 1.83 bits per heavy atom. The summed E-state index contributed by atoms with van der Waals surface area (Å²) in [6, 6.07) is 7.34. The maximum atomic E-state index is 11.7. The minimum Gasteiger partial charge on any atom is -0.463 e. The Balaban J connectivity index is 2.17. The van der Waals surface area contributed by atoms with Crippen LogP contribution in [0.1, 0.15) is 64.4 Å². The zero-order valence-electron chi connectivity index (χ0n) is 14.5. The van der Waals surface area contributed by atoms with Crippen LogP contribution in [0, 0.1) is 6.92 Å². The van der Waals surface area contributed by atoms with E-state index in [-0.39, 0.29) is 30.9 Å². The lowest BCUT2D eigenvalue weighted by Gasteiger charge is -2.12. The molecule has 0 saturated carbocycles. The topological polar surface area (TPSA) is 52.6 Å². The number of aryl methyl sites for hydroxylation is 1. The predicted molar refractivity (Wildman–Crippen MR) is 90.4 cm³/mol. The Bertz CT molecular complexity index is 496. The monoisotopic (exact) mass is 320 g/mol. The number of carbonyl (C=O) groups is 2. The third-order valence-corrected chi connectivity index (χ3v) is 3.53. The molecule has 0 heterocycles. The lowest BCUT2D eigenvalue weighted by molar-refractivity contribution is -0.148. The van der Waals surface area contributed by atoms with Gasteiger partial charge in [0.25, 0.3) is 0 Å². The summed E-state index contributed by atoms with van der Waals surface area (Å²) in [5.41, 5.74) is 1.04. The first-order valence-corrected chi connectivity index (χ1v) is 8.48. The van der Waals surface area contributed by atoms with Crippen LogP contribution in [0.25, 0.3) is 0 Å². The molecular weight excluding hydrogens is 292 g/mol. The van der Waals surface area contributed by atoms with Gasteiger partial charge in [0.2, 0.25) is 0 Å². The van der Waals surface area contributed by atoms with Crippen LogP contribution < -0.4 is 4.74 Å². The molecule has 1 atom stereocenters. The largest absolute Gasteiger partial charge is 0.463 e. The first kappa shape index (κ1) is 19.2. The number of ether oxygens (including phenoxy) is 2. The van der Waals surface area contributed by atoms with Crippen molar-refractivity contribution in [1.29, 1.82) is 0 Å². The van der Waals surface area contributed by atoms with Gasteiger partial charge in [-0.2, -0.15) is 0 Å². The molecule has 0 N–H and O–H groups in total. The number of carbonyl (C=O) groups excluding carboxylic acids is 2. The van der Waals surface area contributed by atoms with Crippen LogP contribution >= 0.6 is 0 Å². The summed E-state index contributed by atoms with van der Waals surface area (Å²) in [4.78, 5) is 23.4. The average Bonchev–Trinajstić information content (AvgIpc) is 2.47. The van der Waals surface area contributed by atoms with Gasteiger partial charge in [0, 0.05) is 12.8 Å². The van der Waals surface area contributed by atoms with Crippen molar-refractivity contribution >= 4 is 11.9 Å². The molecule has 0 aliphatic carbocycles. The summed E-state index contributed by atoms with van der Waals surface area (Å²) in [6.07, 6.45) is 5.16. The fraction of sp³-hybridized carbons (Fsp3) is 0.579. The first-order valence-electron chi connectivity index (χ1n) is 8.48. The summed E-state index contributed by atoms with van der Waals surface area (Å²) in [7, 11) is 0. The second-order valence-corrected chi connectivity index (χ2v) is 5.94. The molecule has 0 aliphatic rings. The minimum atomic E-state index is -0.320. The molecule has 4 heteroatoms. The Hall–Kier alpha value is -1.84. The van der Waals surface area contributed by atoms with Gasteiger partial charge in [-0.05, 0) is 50.8 Å². The van der Waals surface area contributed by atoms with Crippen molar-refractivity contribution in [1.82, 2.24) is 0 Å². The van der Waals surface area contributed by atoms with Crippen LogP contribution in [0.5, 0.6) is 5.75 Å². The quantitative estimate of drug-likeness (QED) is 0.359. The molecule has 1 rings (SSSR count). The summed E-state index contributed by atoms with van der Waals surface area (Å²) in [5.74, 6) is -0.0149. The van der Waals surface area contributed by atoms with Crippen molar-refractivity contribution in [3.8, 4) is 5.75 Å². The normalized spacial score (nSPS) is 11.8. The lowest BCUT2D eigenvalue weighted by Crippen LogP contribution is -2.15. The Labute approximate surface area is 139 Å². The van der Waals surface area contributed by atoms with Crippen molar-refractivity contribution in [3.63, 3.8) is 0 Å². The van der Waals surface area contributed by atoms with Crippen LogP contribution in [0.4, 0.5) is 0 Å². The molecule has 1 aromatic rings. The Kier molecular flexibility index (Phi) is 9.03. The van der Waals surface area contributed by atoms with Crippen molar-refractivity contribution in [2.24, 2.45) is 0 Å². The molecule has 23 heavy (non-hydrogen) atoms. The van der Waals surface area contributed by atoms with Crippen molar-refractivity contribution in [2.45, 2.75) is 71.8 Å². The van der Waals surface area contributed by atoms with E-state index in [9.17, 15) is 9.59 Å². The lowest BCUT2D eigenvalue weighted by atomic mass is 10.1. The fourth-order valence-corrected chi connectivity index (χ4v) is 2.26. The highest BCUT2D eigenvalue weighted by Gasteiger charge is 2.11. The highest BCUT2D eigenvalue weighted by Crippen LogP contribution is 2.14. The third-order valence-electron chi connectivity index (χ3n) is 3.53. The number of benzene rings is 1. The molecule has 0 aromatic heterocycles. The van der Waals surface area contributed by atoms with Gasteiger partial charge in [-0.1, -0.05) is 31.9 Å². The summed E-state index contributed by atoms with van der Waals surface area (Å²) >= 11 is 0. The summed E-state index contributed by atoms with van der Waals surface area (Å²) in [6.45, 7) is 6.00. The highest BCUT2D eigenvalue weighted by atomic mass is 16.5. The molecule has 0 amide bonds. The molecule has 4 nitrogen and oxygen atoms in total. The molecule has 0 bridgehead atoms. The molecule has 0 radical (unpaired) electrons. The maximum absolute atomic E-state index is 11.7. The molecule has 1 unspecified atom stereocenters. The van der Waals surface area contributed by atoms with E-state index in [1.807, 2.05) is 32.0 Å². The van der Waals surface area contributed by atoms with Crippen LogP contribution in [0.15, 0.2) is 24.3 Å². The summed E-state index contributed by atoms with van der Waals surface area (Å²) in [5, 5.41) is 0. The minimum absolute atomic E-state index is 0.0479. The number of rotatable bonds is 10. The van der Waals surface area contributed by atoms with E-state index in [4.69, 9.17) is 9.47 Å². The fourth-order valence-electron chi connectivity index (χ4n) is 2.26. The third kappa shape index (κ3) is 9.01. The standard InChI is InChI=1S/C19H28O4/c1-4-5-6-10-16(3)22-18(20)12-8-13-19(21)23-17-11-7-9-15(2)14-17/h7,9,11,14,16H,4-6,8,10,12-13H2,1-3H3. The van der Waals surface area contributed by atoms with Gasteiger partial charge >= 0.3 is 11.9 Å². The summed E-state index contributed by atoms with van der Waals surface area (Å²) < 4.78 is 10.6. The van der Waals surface area contributed by atoms with E-state index in [1.165, 1.54) is 0 Å². The zero-order valence-corrected chi connectivity index (χ0v) is 14.5. The smallest absolute Gasteiger partial charge is 0.311 e. The van der Waals surface area contributed by atoms with E-state index in [2.05, 4.69) is 6.92 Å². The zero-order chi connectivity index (χ0) is 17.1. The van der Waals surface area contributed by atoms with Crippen LogP contribution in [-0.2, 0) is 14.3 Å². The van der Waals surface area contributed by atoms with E-state index < -0.39 is 0 Å². The maximum Gasteiger partial charge on any atom is 0.311 e. The van der Waals surface area contributed by atoms with Gasteiger partial charge < -0.3 is 9.47 Å². The molecule has 128 valence electrons. The van der Waals surface area contributed by atoms with E-state index >= 15 is 0 Å². The van der Waals surface area contributed by atoms with Gasteiger partial charge in [-0.3, -0.25) is 9.59 Å². The molecule has 0 saturated heterocycles. The molecular formula is C19H28O4. The predicted octanol–water partition coefficient (Wildman–Crippen LogP) is 4.58. The molecule has 1 aromatic carbocycles. The van der Waals surface area contributed by atoms with Gasteiger partial charge in [-0.25, -0.2) is 0 Å². The highest BCUT2D eigenvalue weighted by molar-refractivity contribution is 5.74. The number of unbranched alkanes of at least 4 members (excludes halogenated alkanes) is 2.